The summed E-state index contributed by atoms with van der Waals surface area (Å²) in [5.74, 6) is 5.41. The van der Waals surface area contributed by atoms with E-state index in [1.807, 2.05) is 0 Å². The Morgan fingerprint density at radius 3 is 2.76 bits per heavy atom. The lowest BCUT2D eigenvalue weighted by molar-refractivity contribution is -0.383. The van der Waals surface area contributed by atoms with Crippen LogP contribution in [0.5, 0.6) is 0 Å². The van der Waals surface area contributed by atoms with Gasteiger partial charge in [0.15, 0.2) is 10.8 Å². The van der Waals surface area contributed by atoms with Crippen molar-refractivity contribution in [2.45, 2.75) is 10.8 Å². The third-order valence-electron chi connectivity index (χ3n) is 2.35. The monoisotopic (exact) mass is 333 g/mol. The van der Waals surface area contributed by atoms with Gasteiger partial charge in [-0.3, -0.25) is 14.8 Å². The van der Waals surface area contributed by atoms with Gasteiger partial charge >= 0.3 is 5.69 Å². The lowest BCUT2D eigenvalue weighted by Crippen LogP contribution is -2.23. The second-order valence-electron chi connectivity index (χ2n) is 3.84. The molecule has 13 heteroatoms. The maximum absolute atomic E-state index is 12.1. The van der Waals surface area contributed by atoms with E-state index < -0.39 is 20.6 Å². The molecule has 0 saturated carbocycles. The van der Waals surface area contributed by atoms with E-state index >= 15 is 0 Å². The van der Waals surface area contributed by atoms with E-state index in [1.165, 1.54) is 11.0 Å². The zero-order valence-electron chi connectivity index (χ0n) is 10.7. The van der Waals surface area contributed by atoms with E-state index in [-0.39, 0.29) is 21.6 Å². The predicted molar refractivity (Wildman–Crippen MR) is 73.8 cm³/mol. The number of thiophene rings is 1. The van der Waals surface area contributed by atoms with Crippen LogP contribution in [0.2, 0.25) is 0 Å². The molecule has 0 aliphatic heterocycles. The van der Waals surface area contributed by atoms with Crippen molar-refractivity contribution in [1.82, 2.24) is 19.5 Å². The number of nitrogens with two attached hydrogens (primary N) is 1. The summed E-state index contributed by atoms with van der Waals surface area (Å²) in [4.78, 5) is 13.9. The van der Waals surface area contributed by atoms with Crippen LogP contribution in [0, 0.1) is 10.1 Å². The fourth-order valence-corrected chi connectivity index (χ4v) is 3.69. The van der Waals surface area contributed by atoms with E-state index in [0.717, 1.165) is 6.07 Å². The van der Waals surface area contributed by atoms with E-state index in [0.29, 0.717) is 11.3 Å². The first-order valence-corrected chi connectivity index (χ1v) is 7.72. The van der Waals surface area contributed by atoms with Gasteiger partial charge in [0.2, 0.25) is 0 Å². The van der Waals surface area contributed by atoms with Crippen LogP contribution >= 0.6 is 11.3 Å². The Bertz CT molecular complexity index is 765. The van der Waals surface area contributed by atoms with Gasteiger partial charge < -0.3 is 5.43 Å². The van der Waals surface area contributed by atoms with Crippen molar-refractivity contribution in [1.29, 1.82) is 0 Å². The highest BCUT2D eigenvalue weighted by molar-refractivity contribution is 7.91. The topological polar surface area (TPSA) is 158 Å². The van der Waals surface area contributed by atoms with E-state index in [9.17, 15) is 18.5 Å². The molecule has 2 aromatic rings. The molecule has 0 atom stereocenters. The second kappa shape index (κ2) is 5.72. The van der Waals surface area contributed by atoms with Crippen LogP contribution in [0.3, 0.4) is 0 Å². The molecule has 0 aliphatic carbocycles. The van der Waals surface area contributed by atoms with Crippen LogP contribution in [0.15, 0.2) is 16.6 Å². The van der Waals surface area contributed by atoms with Crippen molar-refractivity contribution >= 4 is 32.0 Å². The van der Waals surface area contributed by atoms with Gasteiger partial charge in [-0.05, 0) is 0 Å². The third kappa shape index (κ3) is 3.33. The molecule has 0 spiro atoms. The van der Waals surface area contributed by atoms with Crippen LogP contribution in [-0.4, -0.2) is 28.1 Å². The smallest absolute Gasteiger partial charge is 0.306 e. The normalized spacial score (nSPS) is 11.5. The average Bonchev–Trinajstić information content (AvgIpc) is 3.02. The number of aryl methyl sites for hydroxylation is 1. The van der Waals surface area contributed by atoms with Crippen LogP contribution in [0.4, 0.5) is 10.7 Å². The molecule has 0 aromatic carbocycles. The van der Waals surface area contributed by atoms with Crippen molar-refractivity contribution < 1.29 is 13.3 Å². The number of hydrogen-bond acceptors (Lipinski definition) is 9. The van der Waals surface area contributed by atoms with Crippen LogP contribution in [-0.2, 0) is 23.6 Å². The minimum absolute atomic E-state index is 0.0451. The van der Waals surface area contributed by atoms with Gasteiger partial charge in [-0.2, -0.15) is 5.10 Å². The third-order valence-corrected chi connectivity index (χ3v) is 5.28. The molecule has 0 saturated heterocycles. The highest BCUT2D eigenvalue weighted by atomic mass is 32.2. The molecule has 0 radical (unpaired) electrons. The summed E-state index contributed by atoms with van der Waals surface area (Å²) in [7, 11) is -2.27. The van der Waals surface area contributed by atoms with Gasteiger partial charge in [-0.25, -0.2) is 24.0 Å². The summed E-state index contributed by atoms with van der Waals surface area (Å²) in [5.41, 5.74) is 1.70. The molecule has 21 heavy (non-hydrogen) atoms. The van der Waals surface area contributed by atoms with Crippen molar-refractivity contribution in [2.24, 2.45) is 12.9 Å². The number of aromatic nitrogens is 3. The Morgan fingerprint density at radius 2 is 2.29 bits per heavy atom. The first-order valence-electron chi connectivity index (χ1n) is 5.42. The van der Waals surface area contributed by atoms with Gasteiger partial charge in [0.05, 0.1) is 11.5 Å². The largest absolute Gasteiger partial charge is 0.310 e. The molecular weight excluding hydrogens is 322 g/mol. The number of anilines is 1. The fourth-order valence-electron chi connectivity index (χ4n) is 1.43. The van der Waals surface area contributed by atoms with Crippen molar-refractivity contribution in [3.05, 3.63) is 28.3 Å². The molecule has 4 N–H and O–H groups in total. The summed E-state index contributed by atoms with van der Waals surface area (Å²) >= 11 is 0.661. The Kier molecular flexibility index (Phi) is 4.17. The minimum Gasteiger partial charge on any atom is -0.310 e. The minimum atomic E-state index is -3.92. The highest BCUT2D eigenvalue weighted by Crippen LogP contribution is 2.36. The number of nitro groups is 1. The number of rotatable bonds is 6. The van der Waals surface area contributed by atoms with Crippen molar-refractivity contribution in [3.63, 3.8) is 0 Å². The summed E-state index contributed by atoms with van der Waals surface area (Å²) in [6.45, 7) is -0.125. The van der Waals surface area contributed by atoms with Gasteiger partial charge in [-0.1, -0.05) is 11.3 Å². The Balaban J connectivity index is 2.21. The first kappa shape index (κ1) is 15.3. The number of nitrogen functional groups attached to an aromatic ring is 1. The number of hydrogen-bond donors (Lipinski definition) is 3. The Hall–Kier alpha value is -2.09. The second-order valence-corrected chi connectivity index (χ2v) is 6.89. The molecule has 2 heterocycles. The van der Waals surface area contributed by atoms with Gasteiger partial charge in [-0.15, -0.1) is 0 Å². The first-order chi connectivity index (χ1) is 9.83. The summed E-state index contributed by atoms with van der Waals surface area (Å²) in [6, 6.07) is 0.939. The van der Waals surface area contributed by atoms with E-state index in [4.69, 9.17) is 5.84 Å². The van der Waals surface area contributed by atoms with Crippen LogP contribution in [0.1, 0.15) is 5.82 Å². The summed E-state index contributed by atoms with van der Waals surface area (Å²) in [5, 5.41) is 14.7. The molecule has 0 unspecified atom stereocenters. The highest BCUT2D eigenvalue weighted by Gasteiger charge is 2.25. The number of hydrazine groups is 1. The molecule has 2 aromatic heterocycles. The zero-order valence-corrected chi connectivity index (χ0v) is 12.3. The van der Waals surface area contributed by atoms with Crippen LogP contribution < -0.4 is 16.0 Å². The zero-order chi connectivity index (χ0) is 15.6. The van der Waals surface area contributed by atoms with E-state index in [1.54, 1.807) is 7.05 Å². The molecule has 0 fully saturated rings. The average molecular weight is 333 g/mol. The standard InChI is InChI=1S/C8H11N7O4S2/c1-14-4-10-6(13-14)3-11-21(18,19)7-2-5(15(16)17)8(12-9)20-7/h2,4,11-12H,3,9H2,1H3. The van der Waals surface area contributed by atoms with E-state index in [2.05, 4.69) is 20.2 Å². The lowest BCUT2D eigenvalue weighted by Gasteiger charge is -2.01. The van der Waals surface area contributed by atoms with Crippen molar-refractivity contribution in [3.8, 4) is 0 Å². The SMILES string of the molecule is Cn1cnc(CNS(=O)(=O)c2cc([N+](=O)[O-])c(NN)s2)n1. The molecule has 0 aliphatic rings. The molecule has 114 valence electrons. The van der Waals surface area contributed by atoms with Gasteiger partial charge in [0.1, 0.15) is 10.5 Å². The van der Waals surface area contributed by atoms with Crippen LogP contribution in [0.25, 0.3) is 0 Å². The maximum Gasteiger partial charge on any atom is 0.306 e. The molecule has 0 bridgehead atoms. The predicted octanol–water partition coefficient (Wildman–Crippen LogP) is -0.451. The molecule has 11 nitrogen and oxygen atoms in total. The maximum atomic E-state index is 12.1. The van der Waals surface area contributed by atoms with Gasteiger partial charge in [0.25, 0.3) is 10.0 Å². The summed E-state index contributed by atoms with van der Waals surface area (Å²) < 4.78 is 27.6. The van der Waals surface area contributed by atoms with Gasteiger partial charge in [0, 0.05) is 13.1 Å². The fraction of sp³-hybridized carbons (Fsp3) is 0.250. The molecule has 0 amide bonds. The number of nitrogens with zero attached hydrogens (tertiary/aromatic N) is 4. The summed E-state index contributed by atoms with van der Waals surface area (Å²) in [6.07, 6.45) is 1.43. The molecule has 2 rings (SSSR count). The quantitative estimate of drug-likeness (QED) is 0.364. The molecular formula is C8H11N7O4S2. The lowest BCUT2D eigenvalue weighted by atomic mass is 10.5. The number of nitrogens with one attached hydrogen (secondary N) is 2. The van der Waals surface area contributed by atoms with Crippen molar-refractivity contribution in [2.75, 3.05) is 5.43 Å². The Labute approximate surface area is 123 Å². The number of sulfonamides is 1. The Morgan fingerprint density at radius 1 is 1.57 bits per heavy atom.